The number of aliphatic imine (C=N–C) groups is 1. The van der Waals surface area contributed by atoms with Crippen molar-refractivity contribution in [3.63, 3.8) is 0 Å². The van der Waals surface area contributed by atoms with Crippen LogP contribution in [0.1, 0.15) is 49.1 Å². The summed E-state index contributed by atoms with van der Waals surface area (Å²) in [5.41, 5.74) is 2.54. The van der Waals surface area contributed by atoms with Gasteiger partial charge in [-0.1, -0.05) is 12.1 Å². The lowest BCUT2D eigenvalue weighted by Crippen LogP contribution is -2.27. The topological polar surface area (TPSA) is 107 Å². The zero-order valence-electron chi connectivity index (χ0n) is 18.0. The number of ether oxygens (including phenoxy) is 1. The summed E-state index contributed by atoms with van der Waals surface area (Å²) in [6.45, 7) is 2.37. The predicted molar refractivity (Wildman–Crippen MR) is 125 cm³/mol. The third-order valence-corrected chi connectivity index (χ3v) is 5.76. The second kappa shape index (κ2) is 10.2. The number of aliphatic carboxylic acids is 1. The number of phenolic OH excluding ortho intramolecular Hbond substituents is 1. The molecule has 2 aromatic carbocycles. The number of aromatic hydroxyl groups is 1. The van der Waals surface area contributed by atoms with Crippen molar-refractivity contribution in [1.29, 1.82) is 0 Å². The van der Waals surface area contributed by atoms with E-state index < -0.39 is 5.97 Å². The molecule has 7 nitrogen and oxygen atoms in total. The molecule has 0 aliphatic carbocycles. The van der Waals surface area contributed by atoms with Crippen LogP contribution < -0.4 is 10.1 Å². The molecule has 0 saturated heterocycles. The van der Waals surface area contributed by atoms with Gasteiger partial charge in [0.2, 0.25) is 0 Å². The van der Waals surface area contributed by atoms with Crippen molar-refractivity contribution >= 4 is 22.7 Å². The number of fused-ring (bicyclic) bond motifs is 1. The Bertz CT molecular complexity index is 1110. The highest BCUT2D eigenvalue weighted by atomic mass is 16.5. The summed E-state index contributed by atoms with van der Waals surface area (Å²) in [5.74, 6) is 0.750. The van der Waals surface area contributed by atoms with Gasteiger partial charge in [0.25, 0.3) is 0 Å². The van der Waals surface area contributed by atoms with Crippen LogP contribution >= 0.6 is 0 Å². The maximum absolute atomic E-state index is 11.5. The summed E-state index contributed by atoms with van der Waals surface area (Å²) in [5, 5.41) is 23.6. The Morgan fingerprint density at radius 3 is 2.91 bits per heavy atom. The normalized spacial score (nSPS) is 14.7. The number of benzene rings is 2. The van der Waals surface area contributed by atoms with Crippen LogP contribution in [0.3, 0.4) is 0 Å². The quantitative estimate of drug-likeness (QED) is 0.372. The summed E-state index contributed by atoms with van der Waals surface area (Å²) >= 11 is 0. The Kier molecular flexibility index (Phi) is 6.94. The van der Waals surface area contributed by atoms with E-state index in [0.717, 1.165) is 59.5 Å². The number of H-pyrrole nitrogens is 1. The molecule has 0 amide bonds. The molecule has 168 valence electrons. The minimum absolute atomic E-state index is 0.0625. The van der Waals surface area contributed by atoms with E-state index in [1.54, 1.807) is 18.2 Å². The predicted octanol–water partition coefficient (Wildman–Crippen LogP) is 4.42. The lowest BCUT2D eigenvalue weighted by Gasteiger charge is -2.16. The number of aromatic nitrogens is 1. The molecule has 4 rings (SSSR count). The van der Waals surface area contributed by atoms with E-state index in [1.807, 2.05) is 30.5 Å². The SMILES string of the molecule is O=C(O)CC(c1cccc(O)c1)c1c[nH]c2cc(OCCCNC3=NCCCC3)ccc12. The number of carboxylic acids is 1. The van der Waals surface area contributed by atoms with Gasteiger partial charge in [-0.15, -0.1) is 0 Å². The van der Waals surface area contributed by atoms with Gasteiger partial charge >= 0.3 is 5.97 Å². The van der Waals surface area contributed by atoms with Crippen LogP contribution in [0.5, 0.6) is 11.5 Å². The monoisotopic (exact) mass is 435 g/mol. The van der Waals surface area contributed by atoms with Crippen molar-refractivity contribution in [3.05, 3.63) is 59.8 Å². The van der Waals surface area contributed by atoms with E-state index in [0.29, 0.717) is 6.61 Å². The summed E-state index contributed by atoms with van der Waals surface area (Å²) in [6.07, 6.45) is 6.10. The summed E-state index contributed by atoms with van der Waals surface area (Å²) in [7, 11) is 0. The van der Waals surface area contributed by atoms with Gasteiger partial charge in [-0.3, -0.25) is 9.79 Å². The first-order chi connectivity index (χ1) is 15.6. The molecule has 0 spiro atoms. The van der Waals surface area contributed by atoms with Gasteiger partial charge in [0.15, 0.2) is 0 Å². The molecule has 32 heavy (non-hydrogen) atoms. The van der Waals surface area contributed by atoms with E-state index in [9.17, 15) is 15.0 Å². The molecule has 0 fully saturated rings. The highest BCUT2D eigenvalue weighted by Gasteiger charge is 2.21. The van der Waals surface area contributed by atoms with E-state index in [2.05, 4.69) is 15.3 Å². The average Bonchev–Trinajstić information content (AvgIpc) is 3.21. The van der Waals surface area contributed by atoms with Gasteiger partial charge in [0.1, 0.15) is 11.5 Å². The van der Waals surface area contributed by atoms with E-state index in [1.165, 1.54) is 12.8 Å². The smallest absolute Gasteiger partial charge is 0.304 e. The molecule has 0 radical (unpaired) electrons. The molecular formula is C25H29N3O4. The minimum Gasteiger partial charge on any atom is -0.508 e. The van der Waals surface area contributed by atoms with Crippen molar-refractivity contribution in [2.75, 3.05) is 19.7 Å². The third kappa shape index (κ3) is 5.41. The van der Waals surface area contributed by atoms with Crippen molar-refractivity contribution < 1.29 is 19.7 Å². The molecule has 1 unspecified atom stereocenters. The van der Waals surface area contributed by atoms with Gasteiger partial charge in [-0.05, 0) is 54.7 Å². The molecule has 1 aromatic heterocycles. The lowest BCUT2D eigenvalue weighted by molar-refractivity contribution is -0.137. The Hall–Kier alpha value is -3.48. The maximum Gasteiger partial charge on any atom is 0.304 e. The Morgan fingerprint density at radius 1 is 1.22 bits per heavy atom. The van der Waals surface area contributed by atoms with Crippen molar-refractivity contribution in [2.24, 2.45) is 4.99 Å². The van der Waals surface area contributed by atoms with Crippen LogP contribution in [-0.2, 0) is 4.79 Å². The van der Waals surface area contributed by atoms with E-state index in [4.69, 9.17) is 4.74 Å². The summed E-state index contributed by atoms with van der Waals surface area (Å²) in [4.78, 5) is 19.3. The molecule has 4 N–H and O–H groups in total. The number of amidine groups is 1. The molecule has 0 bridgehead atoms. The van der Waals surface area contributed by atoms with Crippen LogP contribution in [0.15, 0.2) is 53.7 Å². The number of rotatable bonds is 9. The number of carbonyl (C=O) groups is 1. The Balaban J connectivity index is 1.42. The maximum atomic E-state index is 11.5. The second-order valence-corrected chi connectivity index (χ2v) is 8.11. The van der Waals surface area contributed by atoms with Crippen LogP contribution in [0.2, 0.25) is 0 Å². The lowest BCUT2D eigenvalue weighted by atomic mass is 9.88. The Labute approximate surface area is 187 Å². The van der Waals surface area contributed by atoms with Gasteiger partial charge in [0.05, 0.1) is 18.9 Å². The average molecular weight is 436 g/mol. The third-order valence-electron chi connectivity index (χ3n) is 5.76. The fourth-order valence-corrected chi connectivity index (χ4v) is 4.17. The minimum atomic E-state index is -0.888. The molecule has 1 aliphatic rings. The number of aromatic amines is 1. The highest BCUT2D eigenvalue weighted by molar-refractivity contribution is 5.86. The summed E-state index contributed by atoms with van der Waals surface area (Å²) in [6, 6.07) is 12.6. The number of hydrogen-bond acceptors (Lipinski definition) is 5. The van der Waals surface area contributed by atoms with Crippen molar-refractivity contribution in [3.8, 4) is 11.5 Å². The van der Waals surface area contributed by atoms with Gasteiger partial charge in [-0.25, -0.2) is 0 Å². The fraction of sp³-hybridized carbons (Fsp3) is 0.360. The van der Waals surface area contributed by atoms with Gasteiger partial charge in [0, 0.05) is 48.6 Å². The molecule has 1 aliphatic heterocycles. The number of nitrogens with one attached hydrogen (secondary N) is 2. The molecule has 3 aromatic rings. The van der Waals surface area contributed by atoms with Crippen molar-refractivity contribution in [1.82, 2.24) is 10.3 Å². The standard InChI is InChI=1S/C25H29N3O4/c29-18-6-3-5-17(13-18)21(15-25(30)31)22-16-28-23-14-19(8-9-20(22)23)32-12-4-11-27-24-7-1-2-10-26-24/h3,5-6,8-9,13-14,16,21,28-29H,1-2,4,7,10-12,15H2,(H,26,27)(H,30,31). The highest BCUT2D eigenvalue weighted by Crippen LogP contribution is 2.35. The molecule has 0 saturated carbocycles. The number of hydrogen-bond donors (Lipinski definition) is 4. The number of carboxylic acid groups (broad SMARTS) is 1. The van der Waals surface area contributed by atoms with Gasteiger partial charge in [-0.2, -0.15) is 0 Å². The molecule has 7 heteroatoms. The van der Waals surface area contributed by atoms with Crippen molar-refractivity contribution in [2.45, 2.75) is 38.0 Å². The van der Waals surface area contributed by atoms with E-state index >= 15 is 0 Å². The number of nitrogens with zero attached hydrogens (tertiary/aromatic N) is 1. The first-order valence-corrected chi connectivity index (χ1v) is 11.1. The Morgan fingerprint density at radius 2 is 2.12 bits per heavy atom. The number of phenols is 1. The van der Waals surface area contributed by atoms with Crippen LogP contribution in [0, 0.1) is 0 Å². The summed E-state index contributed by atoms with van der Waals surface area (Å²) < 4.78 is 5.91. The first-order valence-electron chi connectivity index (χ1n) is 11.1. The van der Waals surface area contributed by atoms with E-state index in [-0.39, 0.29) is 18.1 Å². The van der Waals surface area contributed by atoms with Crippen LogP contribution in [0.25, 0.3) is 10.9 Å². The zero-order chi connectivity index (χ0) is 22.3. The molecule has 1 atom stereocenters. The van der Waals surface area contributed by atoms with Gasteiger partial charge < -0.3 is 25.3 Å². The largest absolute Gasteiger partial charge is 0.508 e. The first kappa shape index (κ1) is 21.7. The zero-order valence-corrected chi connectivity index (χ0v) is 18.0. The van der Waals surface area contributed by atoms with Crippen LogP contribution in [-0.4, -0.2) is 46.7 Å². The molecule has 2 heterocycles. The fourth-order valence-electron chi connectivity index (χ4n) is 4.17. The molecular weight excluding hydrogens is 406 g/mol. The van der Waals surface area contributed by atoms with Crippen LogP contribution in [0.4, 0.5) is 0 Å². The second-order valence-electron chi connectivity index (χ2n) is 8.11.